The molecule has 5 aromatic rings. The minimum atomic E-state index is -0.824. The third-order valence-electron chi connectivity index (χ3n) is 8.23. The molecular formula is C37H38N6O6S. The Morgan fingerprint density at radius 2 is 1.58 bits per heavy atom. The Balaban J connectivity index is 1.10. The van der Waals surface area contributed by atoms with E-state index in [0.717, 1.165) is 33.5 Å². The summed E-state index contributed by atoms with van der Waals surface area (Å²) >= 11 is 1.51. The Morgan fingerprint density at radius 1 is 0.900 bits per heavy atom. The van der Waals surface area contributed by atoms with E-state index in [9.17, 15) is 14.7 Å². The molecule has 12 nitrogen and oxygen atoms in total. The number of nitrogens with one attached hydrogen (secondary N) is 2. The summed E-state index contributed by atoms with van der Waals surface area (Å²) in [5.41, 5.74) is 5.27. The highest BCUT2D eigenvalue weighted by Crippen LogP contribution is 2.39. The van der Waals surface area contributed by atoms with Crippen LogP contribution in [0.15, 0.2) is 114 Å². The Hall–Kier alpha value is -5.08. The first-order valence-electron chi connectivity index (χ1n) is 16.2. The maximum absolute atomic E-state index is 12.7. The first kappa shape index (κ1) is 34.8. The second-order valence-corrected chi connectivity index (χ2v) is 12.7. The molecule has 13 heteroatoms. The molecule has 2 heterocycles. The number of hydrogen-bond donors (Lipinski definition) is 3. The number of benzene rings is 4. The van der Waals surface area contributed by atoms with E-state index in [1.54, 1.807) is 4.68 Å². The van der Waals surface area contributed by atoms with Crippen molar-refractivity contribution in [1.29, 1.82) is 0 Å². The molecule has 1 saturated heterocycles. The number of aliphatic hydroxyl groups excluding tert-OH is 1. The highest BCUT2D eigenvalue weighted by atomic mass is 32.2. The number of methoxy groups -OCH3 is 1. The van der Waals surface area contributed by atoms with Crippen molar-refractivity contribution >= 4 is 23.8 Å². The first-order chi connectivity index (χ1) is 24.5. The van der Waals surface area contributed by atoms with Crippen LogP contribution in [-0.2, 0) is 38.6 Å². The van der Waals surface area contributed by atoms with Gasteiger partial charge in [0.25, 0.3) is 0 Å². The molecule has 0 aliphatic carbocycles. The highest BCUT2D eigenvalue weighted by molar-refractivity contribution is 7.99. The lowest BCUT2D eigenvalue weighted by molar-refractivity contribution is -0.245. The summed E-state index contributed by atoms with van der Waals surface area (Å²) in [5.74, 6) is 0.0710. The van der Waals surface area contributed by atoms with Gasteiger partial charge in [-0.25, -0.2) is 9.59 Å². The van der Waals surface area contributed by atoms with Gasteiger partial charge >= 0.3 is 12.0 Å². The lowest BCUT2D eigenvalue weighted by Crippen LogP contribution is -2.47. The lowest BCUT2D eigenvalue weighted by atomic mass is 10.0. The summed E-state index contributed by atoms with van der Waals surface area (Å²) in [6.07, 6.45) is -0.159. The molecule has 50 heavy (non-hydrogen) atoms. The van der Waals surface area contributed by atoms with E-state index in [1.165, 1.54) is 18.9 Å². The Morgan fingerprint density at radius 3 is 2.28 bits per heavy atom. The SMILES string of the molecule is COC(=O)[C@H](Cc1ccccc1)NC(=O)NCc1ccc([C@@H]2O[C@H](CSc3nnnn3-c3ccccc3)C[C@H](c3ccc(CO)cc3)O2)cc1. The number of carbonyl (C=O) groups excluding carboxylic acids is 2. The van der Waals surface area contributed by atoms with Gasteiger partial charge < -0.3 is 30.0 Å². The molecule has 3 N–H and O–H groups in total. The van der Waals surface area contributed by atoms with E-state index >= 15 is 0 Å². The molecule has 1 aromatic heterocycles. The normalized spacial score (nSPS) is 17.8. The second kappa shape index (κ2) is 17.0. The number of amides is 2. The summed E-state index contributed by atoms with van der Waals surface area (Å²) in [6, 6.07) is 33.2. The zero-order valence-electron chi connectivity index (χ0n) is 27.4. The third kappa shape index (κ3) is 9.12. The largest absolute Gasteiger partial charge is 0.467 e. The van der Waals surface area contributed by atoms with Crippen LogP contribution in [0.25, 0.3) is 5.69 Å². The molecule has 0 bridgehead atoms. The number of urea groups is 1. The molecule has 0 saturated carbocycles. The van der Waals surface area contributed by atoms with E-state index in [0.29, 0.717) is 23.8 Å². The van der Waals surface area contributed by atoms with Crippen molar-refractivity contribution in [2.24, 2.45) is 0 Å². The fraction of sp³-hybridized carbons (Fsp3) is 0.270. The van der Waals surface area contributed by atoms with Gasteiger partial charge in [-0.15, -0.1) is 5.10 Å². The van der Waals surface area contributed by atoms with Crippen LogP contribution in [-0.4, -0.2) is 62.3 Å². The second-order valence-electron chi connectivity index (χ2n) is 11.7. The van der Waals surface area contributed by atoms with Crippen LogP contribution in [0.3, 0.4) is 0 Å². The monoisotopic (exact) mass is 694 g/mol. The van der Waals surface area contributed by atoms with Gasteiger partial charge in [-0.3, -0.25) is 0 Å². The number of esters is 1. The molecule has 4 aromatic carbocycles. The minimum absolute atomic E-state index is 0.0324. The summed E-state index contributed by atoms with van der Waals surface area (Å²) in [7, 11) is 1.30. The topological polar surface area (TPSA) is 150 Å². The molecule has 1 fully saturated rings. The number of aromatic nitrogens is 4. The van der Waals surface area contributed by atoms with Crippen LogP contribution < -0.4 is 10.6 Å². The number of thioether (sulfide) groups is 1. The van der Waals surface area contributed by atoms with Crippen molar-refractivity contribution in [3.63, 3.8) is 0 Å². The Bertz CT molecular complexity index is 1830. The fourth-order valence-electron chi connectivity index (χ4n) is 5.56. The van der Waals surface area contributed by atoms with Crippen molar-refractivity contribution < 1.29 is 28.9 Å². The van der Waals surface area contributed by atoms with Crippen LogP contribution in [0, 0.1) is 0 Å². The van der Waals surface area contributed by atoms with Crippen molar-refractivity contribution in [3.05, 3.63) is 137 Å². The Labute approximate surface area is 294 Å². The maximum atomic E-state index is 12.7. The van der Waals surface area contributed by atoms with E-state index in [2.05, 4.69) is 26.2 Å². The molecule has 258 valence electrons. The Kier molecular flexibility index (Phi) is 11.8. The van der Waals surface area contributed by atoms with Crippen LogP contribution in [0.5, 0.6) is 0 Å². The van der Waals surface area contributed by atoms with Crippen LogP contribution in [0.2, 0.25) is 0 Å². The molecule has 1 aliphatic heterocycles. The number of ether oxygens (including phenoxy) is 3. The molecule has 2 amide bonds. The van der Waals surface area contributed by atoms with Crippen LogP contribution in [0.4, 0.5) is 4.79 Å². The van der Waals surface area contributed by atoms with E-state index < -0.39 is 24.3 Å². The quantitative estimate of drug-likeness (QED) is 0.113. The number of nitrogens with zero attached hydrogens (tertiary/aromatic N) is 4. The summed E-state index contributed by atoms with van der Waals surface area (Å²) in [5, 5.41) is 28.0. The van der Waals surface area contributed by atoms with E-state index in [-0.39, 0.29) is 25.4 Å². The molecular weight excluding hydrogens is 657 g/mol. The van der Waals surface area contributed by atoms with E-state index in [4.69, 9.17) is 14.2 Å². The predicted octanol–water partition coefficient (Wildman–Crippen LogP) is 5.08. The number of aliphatic hydroxyl groups is 1. The number of rotatable bonds is 13. The smallest absolute Gasteiger partial charge is 0.328 e. The molecule has 0 spiro atoms. The third-order valence-corrected chi connectivity index (χ3v) is 9.28. The predicted molar refractivity (Wildman–Crippen MR) is 186 cm³/mol. The van der Waals surface area contributed by atoms with Crippen molar-refractivity contribution in [3.8, 4) is 5.69 Å². The average molecular weight is 695 g/mol. The number of hydrogen-bond acceptors (Lipinski definition) is 10. The van der Waals surface area contributed by atoms with Crippen LogP contribution in [0.1, 0.15) is 46.6 Å². The van der Waals surface area contributed by atoms with Crippen molar-refractivity contribution in [2.45, 2.75) is 55.7 Å². The van der Waals surface area contributed by atoms with Gasteiger partial charge in [-0.05, 0) is 44.8 Å². The van der Waals surface area contributed by atoms with Gasteiger partial charge in [0.1, 0.15) is 6.04 Å². The zero-order chi connectivity index (χ0) is 34.7. The molecule has 4 atom stereocenters. The standard InChI is InChI=1S/C37H38N6O6S/c1-47-34(45)32(20-25-8-4-2-5-9-25)39-36(46)38-22-26-12-18-29(19-13-26)35-48-31(21-33(49-35)28-16-14-27(23-44)15-17-28)24-50-37-40-41-42-43(37)30-10-6-3-7-11-30/h2-19,31-33,35,44H,20-24H2,1H3,(H2,38,39,46)/t31-,32-,33+,35+/m0/s1. The van der Waals surface area contributed by atoms with Gasteiger partial charge in [-0.2, -0.15) is 4.68 Å². The van der Waals surface area contributed by atoms with Gasteiger partial charge in [0.2, 0.25) is 5.16 Å². The molecule has 1 aliphatic rings. The fourth-order valence-corrected chi connectivity index (χ4v) is 6.47. The number of tetrazole rings is 1. The summed E-state index contributed by atoms with van der Waals surface area (Å²) < 4.78 is 19.6. The van der Waals surface area contributed by atoms with Crippen LogP contribution >= 0.6 is 11.8 Å². The minimum Gasteiger partial charge on any atom is -0.467 e. The van der Waals surface area contributed by atoms with Gasteiger partial charge in [-0.1, -0.05) is 109 Å². The summed E-state index contributed by atoms with van der Waals surface area (Å²) in [6.45, 7) is 0.211. The average Bonchev–Trinajstić information content (AvgIpc) is 3.65. The summed E-state index contributed by atoms with van der Waals surface area (Å²) in [4.78, 5) is 25.1. The van der Waals surface area contributed by atoms with Crippen molar-refractivity contribution in [2.75, 3.05) is 12.9 Å². The first-order valence-corrected chi connectivity index (χ1v) is 17.2. The number of para-hydroxylation sites is 1. The van der Waals surface area contributed by atoms with E-state index in [1.807, 2.05) is 109 Å². The molecule has 6 rings (SSSR count). The molecule has 0 radical (unpaired) electrons. The highest BCUT2D eigenvalue weighted by Gasteiger charge is 2.33. The van der Waals surface area contributed by atoms with Gasteiger partial charge in [0.15, 0.2) is 6.29 Å². The lowest BCUT2D eigenvalue weighted by Gasteiger charge is -2.36. The van der Waals surface area contributed by atoms with Gasteiger partial charge in [0.05, 0.1) is 31.6 Å². The van der Waals surface area contributed by atoms with Crippen molar-refractivity contribution in [1.82, 2.24) is 30.8 Å². The molecule has 0 unspecified atom stereocenters. The maximum Gasteiger partial charge on any atom is 0.328 e. The number of carbonyl (C=O) groups is 2. The van der Waals surface area contributed by atoms with Gasteiger partial charge in [0, 0.05) is 30.7 Å². The zero-order valence-corrected chi connectivity index (χ0v) is 28.2.